The lowest BCUT2D eigenvalue weighted by molar-refractivity contribution is 0.387. The van der Waals surface area contributed by atoms with Crippen LogP contribution in [0.15, 0.2) is 54.6 Å². The van der Waals surface area contributed by atoms with Crippen LogP contribution in [-0.4, -0.2) is 18.8 Å². The molecule has 1 heterocycles. The molecule has 0 bridgehead atoms. The first kappa shape index (κ1) is 15.5. The van der Waals surface area contributed by atoms with Crippen LogP contribution in [0.3, 0.4) is 0 Å². The van der Waals surface area contributed by atoms with Crippen LogP contribution in [0.25, 0.3) is 27.5 Å². The standard InChI is InChI=1S/C21H18FNO2/c1-13-9-15-16-10-17(22)21(25-3)12-19(16)23(14-7-5-4-6-8-14)18(15)11-20(13)24-2/h4-12H,1-3H3. The summed E-state index contributed by atoms with van der Waals surface area (Å²) in [7, 11) is 3.14. The van der Waals surface area contributed by atoms with E-state index >= 15 is 0 Å². The van der Waals surface area contributed by atoms with Gasteiger partial charge in [0, 0.05) is 28.6 Å². The summed E-state index contributed by atoms with van der Waals surface area (Å²) in [6.45, 7) is 1.99. The molecule has 0 spiro atoms. The molecule has 0 saturated heterocycles. The molecule has 0 saturated carbocycles. The van der Waals surface area contributed by atoms with Gasteiger partial charge in [-0.1, -0.05) is 18.2 Å². The quantitative estimate of drug-likeness (QED) is 0.510. The van der Waals surface area contributed by atoms with Gasteiger partial charge in [0.1, 0.15) is 5.75 Å². The van der Waals surface area contributed by atoms with Crippen molar-refractivity contribution in [1.82, 2.24) is 4.57 Å². The smallest absolute Gasteiger partial charge is 0.165 e. The number of methoxy groups -OCH3 is 2. The van der Waals surface area contributed by atoms with Crippen LogP contribution in [0.1, 0.15) is 5.56 Å². The predicted molar refractivity (Wildman–Crippen MR) is 98.6 cm³/mol. The van der Waals surface area contributed by atoms with Crippen molar-refractivity contribution in [2.45, 2.75) is 6.92 Å². The molecule has 0 unspecified atom stereocenters. The molecule has 4 rings (SSSR count). The van der Waals surface area contributed by atoms with E-state index in [1.54, 1.807) is 19.2 Å². The van der Waals surface area contributed by atoms with E-state index in [1.807, 2.05) is 49.4 Å². The zero-order chi connectivity index (χ0) is 17.6. The van der Waals surface area contributed by atoms with Gasteiger partial charge in [-0.15, -0.1) is 0 Å². The predicted octanol–water partition coefficient (Wildman–Crippen LogP) is 5.25. The van der Waals surface area contributed by atoms with E-state index in [4.69, 9.17) is 9.47 Å². The number of hydrogen-bond donors (Lipinski definition) is 0. The maximum absolute atomic E-state index is 14.3. The van der Waals surface area contributed by atoms with E-state index in [2.05, 4.69) is 4.57 Å². The van der Waals surface area contributed by atoms with Gasteiger partial charge >= 0.3 is 0 Å². The summed E-state index contributed by atoms with van der Waals surface area (Å²) in [6.07, 6.45) is 0. The molecule has 0 amide bonds. The van der Waals surface area contributed by atoms with Gasteiger partial charge in [0.25, 0.3) is 0 Å². The number of benzene rings is 3. The van der Waals surface area contributed by atoms with Crippen LogP contribution in [0.2, 0.25) is 0 Å². The average molecular weight is 335 g/mol. The van der Waals surface area contributed by atoms with Crippen LogP contribution >= 0.6 is 0 Å². The molecule has 0 N–H and O–H groups in total. The van der Waals surface area contributed by atoms with Crippen LogP contribution in [0.5, 0.6) is 11.5 Å². The Bertz CT molecular complexity index is 1020. The Balaban J connectivity index is 2.21. The molecule has 0 atom stereocenters. The molecule has 4 heteroatoms. The fraction of sp³-hybridized carbons (Fsp3) is 0.143. The van der Waals surface area contributed by atoms with E-state index < -0.39 is 0 Å². The van der Waals surface area contributed by atoms with Gasteiger partial charge in [0.15, 0.2) is 11.6 Å². The van der Waals surface area contributed by atoms with Crippen molar-refractivity contribution < 1.29 is 13.9 Å². The molecule has 25 heavy (non-hydrogen) atoms. The molecule has 0 aliphatic rings. The molecule has 126 valence electrons. The van der Waals surface area contributed by atoms with Crippen LogP contribution < -0.4 is 9.47 Å². The number of para-hydroxylation sites is 1. The number of hydrogen-bond acceptors (Lipinski definition) is 2. The van der Waals surface area contributed by atoms with Crippen molar-refractivity contribution in [3.8, 4) is 17.2 Å². The Kier molecular flexibility index (Phi) is 3.61. The average Bonchev–Trinajstić information content (AvgIpc) is 2.93. The Labute approximate surface area is 145 Å². The number of fused-ring (bicyclic) bond motifs is 3. The molecular formula is C21H18FNO2. The third kappa shape index (κ3) is 2.33. The van der Waals surface area contributed by atoms with E-state index in [0.717, 1.165) is 38.8 Å². The monoisotopic (exact) mass is 335 g/mol. The number of nitrogens with zero attached hydrogens (tertiary/aromatic N) is 1. The summed E-state index contributed by atoms with van der Waals surface area (Å²) in [4.78, 5) is 0. The van der Waals surface area contributed by atoms with Crippen LogP contribution in [0, 0.1) is 12.7 Å². The minimum absolute atomic E-state index is 0.233. The molecule has 0 aliphatic carbocycles. The lowest BCUT2D eigenvalue weighted by atomic mass is 10.1. The van der Waals surface area contributed by atoms with E-state index in [1.165, 1.54) is 7.11 Å². The van der Waals surface area contributed by atoms with Gasteiger partial charge in [0.05, 0.1) is 25.3 Å². The first-order valence-corrected chi connectivity index (χ1v) is 8.05. The Hall–Kier alpha value is -3.01. The Morgan fingerprint density at radius 1 is 0.800 bits per heavy atom. The van der Waals surface area contributed by atoms with Crippen LogP contribution in [-0.2, 0) is 0 Å². The normalized spacial score (nSPS) is 11.2. The second kappa shape index (κ2) is 5.81. The summed E-state index contributed by atoms with van der Waals surface area (Å²) >= 11 is 0. The molecule has 3 aromatic carbocycles. The topological polar surface area (TPSA) is 23.4 Å². The van der Waals surface area contributed by atoms with E-state index in [0.29, 0.717) is 0 Å². The highest BCUT2D eigenvalue weighted by Gasteiger charge is 2.17. The van der Waals surface area contributed by atoms with Crippen LogP contribution in [0.4, 0.5) is 4.39 Å². The Morgan fingerprint density at radius 3 is 2.04 bits per heavy atom. The highest BCUT2D eigenvalue weighted by atomic mass is 19.1. The molecule has 4 aromatic rings. The molecule has 3 nitrogen and oxygen atoms in total. The number of aryl methyl sites for hydroxylation is 1. The summed E-state index contributed by atoms with van der Waals surface area (Å²) in [5.74, 6) is 0.673. The summed E-state index contributed by atoms with van der Waals surface area (Å²) in [6, 6.07) is 17.3. The summed E-state index contributed by atoms with van der Waals surface area (Å²) in [5, 5.41) is 1.83. The van der Waals surface area contributed by atoms with Crippen molar-refractivity contribution in [3.05, 3.63) is 66.0 Å². The highest BCUT2D eigenvalue weighted by molar-refractivity contribution is 6.10. The third-order valence-electron chi connectivity index (χ3n) is 4.57. The minimum atomic E-state index is -0.365. The molecule has 0 radical (unpaired) electrons. The maximum atomic E-state index is 14.3. The lowest BCUT2D eigenvalue weighted by Crippen LogP contribution is -1.95. The fourth-order valence-corrected chi connectivity index (χ4v) is 3.38. The van der Waals surface area contributed by atoms with Gasteiger partial charge in [-0.25, -0.2) is 4.39 Å². The molecule has 0 fully saturated rings. The summed E-state index contributed by atoms with van der Waals surface area (Å²) in [5.41, 5.74) is 3.88. The first-order chi connectivity index (χ1) is 12.1. The van der Waals surface area contributed by atoms with Crippen molar-refractivity contribution in [2.75, 3.05) is 14.2 Å². The molecule has 1 aromatic heterocycles. The summed E-state index contributed by atoms with van der Waals surface area (Å²) < 4.78 is 27.1. The lowest BCUT2D eigenvalue weighted by Gasteiger charge is -2.10. The van der Waals surface area contributed by atoms with Gasteiger partial charge in [-0.3, -0.25) is 0 Å². The van der Waals surface area contributed by atoms with Gasteiger partial charge in [-0.05, 0) is 36.8 Å². The zero-order valence-electron chi connectivity index (χ0n) is 14.3. The zero-order valence-corrected chi connectivity index (χ0v) is 14.3. The second-order valence-corrected chi connectivity index (χ2v) is 6.01. The highest BCUT2D eigenvalue weighted by Crippen LogP contribution is 2.38. The van der Waals surface area contributed by atoms with Crippen molar-refractivity contribution in [2.24, 2.45) is 0 Å². The van der Waals surface area contributed by atoms with Crippen molar-refractivity contribution >= 4 is 21.8 Å². The van der Waals surface area contributed by atoms with Crippen molar-refractivity contribution in [3.63, 3.8) is 0 Å². The number of rotatable bonds is 3. The minimum Gasteiger partial charge on any atom is -0.496 e. The first-order valence-electron chi connectivity index (χ1n) is 8.05. The number of aromatic nitrogens is 1. The Morgan fingerprint density at radius 2 is 1.40 bits per heavy atom. The second-order valence-electron chi connectivity index (χ2n) is 6.01. The maximum Gasteiger partial charge on any atom is 0.165 e. The van der Waals surface area contributed by atoms with E-state index in [-0.39, 0.29) is 11.6 Å². The SMILES string of the molecule is COc1cc2c(cc1C)c1cc(F)c(OC)cc1n2-c1ccccc1. The fourth-order valence-electron chi connectivity index (χ4n) is 3.38. The van der Waals surface area contributed by atoms with Crippen molar-refractivity contribution in [1.29, 1.82) is 0 Å². The number of halogens is 1. The molecule has 0 aliphatic heterocycles. The van der Waals surface area contributed by atoms with Gasteiger partial charge < -0.3 is 14.0 Å². The van der Waals surface area contributed by atoms with E-state index in [9.17, 15) is 4.39 Å². The van der Waals surface area contributed by atoms with Gasteiger partial charge in [0.2, 0.25) is 0 Å². The largest absolute Gasteiger partial charge is 0.496 e. The third-order valence-corrected chi connectivity index (χ3v) is 4.57. The number of ether oxygens (including phenoxy) is 2. The molecular weight excluding hydrogens is 317 g/mol. The van der Waals surface area contributed by atoms with Gasteiger partial charge in [-0.2, -0.15) is 0 Å².